The Bertz CT molecular complexity index is 686. The second kappa shape index (κ2) is 7.10. The van der Waals surface area contributed by atoms with Gasteiger partial charge in [0.15, 0.2) is 0 Å². The smallest absolute Gasteiger partial charge is 0.414 e. The standard InChI is InChI=1S/C17H21N3O2S/c1-3-16-19-11-15(23-16)10-18-12(2)13-5-4-6-14(9-13)20-7-8-22-17(20)21/h4-6,9,11-12,18H,3,7-8,10H2,1-2H3/t12-/m1/s1. The molecule has 1 atom stereocenters. The summed E-state index contributed by atoms with van der Waals surface area (Å²) in [6.07, 6.45) is 2.66. The van der Waals surface area contributed by atoms with Crippen molar-refractivity contribution in [3.05, 3.63) is 45.9 Å². The number of aryl methyl sites for hydroxylation is 1. The van der Waals surface area contributed by atoms with Crippen molar-refractivity contribution in [2.75, 3.05) is 18.1 Å². The number of anilines is 1. The summed E-state index contributed by atoms with van der Waals surface area (Å²) in [7, 11) is 0. The number of rotatable bonds is 6. The fraction of sp³-hybridized carbons (Fsp3) is 0.412. The third kappa shape index (κ3) is 3.71. The Morgan fingerprint density at radius 2 is 2.35 bits per heavy atom. The third-order valence-electron chi connectivity index (χ3n) is 3.93. The number of ether oxygens (including phenoxy) is 1. The summed E-state index contributed by atoms with van der Waals surface area (Å²) in [5.41, 5.74) is 2.05. The number of thiazole rings is 1. The first kappa shape index (κ1) is 16.0. The van der Waals surface area contributed by atoms with Crippen molar-refractivity contribution in [1.29, 1.82) is 0 Å². The normalized spacial score (nSPS) is 15.7. The van der Waals surface area contributed by atoms with E-state index in [1.165, 1.54) is 9.88 Å². The van der Waals surface area contributed by atoms with Crippen LogP contribution in [0.4, 0.5) is 10.5 Å². The fourth-order valence-corrected chi connectivity index (χ4v) is 3.37. The summed E-state index contributed by atoms with van der Waals surface area (Å²) >= 11 is 1.75. The lowest BCUT2D eigenvalue weighted by atomic mass is 10.1. The quantitative estimate of drug-likeness (QED) is 0.880. The number of aromatic nitrogens is 1. The van der Waals surface area contributed by atoms with Crippen LogP contribution < -0.4 is 10.2 Å². The molecular formula is C17H21N3O2S. The summed E-state index contributed by atoms with van der Waals surface area (Å²) in [6.45, 7) is 6.12. The number of amides is 1. The van der Waals surface area contributed by atoms with Gasteiger partial charge in [0.2, 0.25) is 0 Å². The van der Waals surface area contributed by atoms with Crippen LogP contribution >= 0.6 is 11.3 Å². The van der Waals surface area contributed by atoms with Crippen LogP contribution in [0, 0.1) is 0 Å². The highest BCUT2D eigenvalue weighted by Gasteiger charge is 2.23. The molecule has 3 rings (SSSR count). The first-order valence-corrected chi connectivity index (χ1v) is 8.70. The van der Waals surface area contributed by atoms with E-state index in [4.69, 9.17) is 4.74 Å². The molecule has 2 aromatic rings. The first-order chi connectivity index (χ1) is 11.2. The van der Waals surface area contributed by atoms with Crippen molar-refractivity contribution in [3.63, 3.8) is 0 Å². The van der Waals surface area contributed by atoms with Gasteiger partial charge in [0.25, 0.3) is 0 Å². The molecule has 6 heteroatoms. The Kier molecular flexibility index (Phi) is 4.93. The Morgan fingerprint density at radius 3 is 3.04 bits per heavy atom. The monoisotopic (exact) mass is 331 g/mol. The minimum Gasteiger partial charge on any atom is -0.447 e. The Balaban J connectivity index is 1.65. The lowest BCUT2D eigenvalue weighted by Gasteiger charge is -2.17. The number of cyclic esters (lactones) is 1. The lowest BCUT2D eigenvalue weighted by molar-refractivity contribution is 0.181. The molecule has 0 saturated carbocycles. The number of benzene rings is 1. The van der Waals surface area contributed by atoms with Crippen molar-refractivity contribution in [2.24, 2.45) is 0 Å². The van der Waals surface area contributed by atoms with E-state index < -0.39 is 0 Å². The van der Waals surface area contributed by atoms with Gasteiger partial charge in [-0.25, -0.2) is 9.78 Å². The van der Waals surface area contributed by atoms with Crippen LogP contribution in [0.2, 0.25) is 0 Å². The zero-order chi connectivity index (χ0) is 16.2. The van der Waals surface area contributed by atoms with Crippen molar-refractivity contribution in [3.8, 4) is 0 Å². The topological polar surface area (TPSA) is 54.5 Å². The van der Waals surface area contributed by atoms with Gasteiger partial charge in [0, 0.05) is 29.3 Å². The van der Waals surface area contributed by atoms with E-state index in [0.29, 0.717) is 13.2 Å². The van der Waals surface area contributed by atoms with Crippen molar-refractivity contribution in [2.45, 2.75) is 32.9 Å². The van der Waals surface area contributed by atoms with Gasteiger partial charge in [0.1, 0.15) is 6.61 Å². The molecule has 0 unspecified atom stereocenters. The summed E-state index contributed by atoms with van der Waals surface area (Å²) < 4.78 is 5.00. The molecule has 1 N–H and O–H groups in total. The Morgan fingerprint density at radius 1 is 1.48 bits per heavy atom. The molecule has 0 spiro atoms. The minimum atomic E-state index is -0.264. The molecule has 2 heterocycles. The van der Waals surface area contributed by atoms with Crippen molar-refractivity contribution < 1.29 is 9.53 Å². The van der Waals surface area contributed by atoms with Crippen LogP contribution in [-0.4, -0.2) is 24.2 Å². The maximum absolute atomic E-state index is 11.7. The molecule has 122 valence electrons. The van der Waals surface area contributed by atoms with E-state index >= 15 is 0 Å². The molecule has 1 aliphatic rings. The largest absolute Gasteiger partial charge is 0.447 e. The summed E-state index contributed by atoms with van der Waals surface area (Å²) in [5.74, 6) is 0. The highest BCUT2D eigenvalue weighted by molar-refractivity contribution is 7.11. The molecular weight excluding hydrogens is 310 g/mol. The van der Waals surface area contributed by atoms with Gasteiger partial charge in [-0.1, -0.05) is 19.1 Å². The molecule has 1 saturated heterocycles. The van der Waals surface area contributed by atoms with Gasteiger partial charge in [-0.3, -0.25) is 4.90 Å². The number of hydrogen-bond acceptors (Lipinski definition) is 5. The van der Waals surface area contributed by atoms with E-state index in [-0.39, 0.29) is 12.1 Å². The number of carbonyl (C=O) groups is 1. The van der Waals surface area contributed by atoms with E-state index in [9.17, 15) is 4.79 Å². The highest BCUT2D eigenvalue weighted by atomic mass is 32.1. The van der Waals surface area contributed by atoms with Crippen LogP contribution in [0.15, 0.2) is 30.5 Å². The zero-order valence-electron chi connectivity index (χ0n) is 13.4. The summed E-state index contributed by atoms with van der Waals surface area (Å²) in [5, 5.41) is 4.69. The second-order valence-corrected chi connectivity index (χ2v) is 6.74. The second-order valence-electron chi connectivity index (χ2n) is 5.54. The molecule has 0 aliphatic carbocycles. The third-order valence-corrected chi connectivity index (χ3v) is 5.07. The number of nitrogens with zero attached hydrogens (tertiary/aromatic N) is 2. The average Bonchev–Trinajstić information content (AvgIpc) is 3.21. The van der Waals surface area contributed by atoms with Gasteiger partial charge in [0.05, 0.1) is 11.6 Å². The molecule has 1 aromatic carbocycles. The minimum absolute atomic E-state index is 0.195. The van der Waals surface area contributed by atoms with Gasteiger partial charge < -0.3 is 10.1 Å². The summed E-state index contributed by atoms with van der Waals surface area (Å²) in [6, 6.07) is 8.25. The zero-order valence-corrected chi connectivity index (χ0v) is 14.2. The van der Waals surface area contributed by atoms with E-state index in [1.807, 2.05) is 24.4 Å². The maximum atomic E-state index is 11.7. The average molecular weight is 331 g/mol. The van der Waals surface area contributed by atoms with Crippen LogP contribution in [0.5, 0.6) is 0 Å². The van der Waals surface area contributed by atoms with Gasteiger partial charge in [-0.15, -0.1) is 11.3 Å². The number of carbonyl (C=O) groups excluding carboxylic acids is 1. The Hall–Kier alpha value is -1.92. The molecule has 1 aliphatic heterocycles. The SMILES string of the molecule is CCc1ncc(CN[C@H](C)c2cccc(N3CCOC3=O)c2)s1. The van der Waals surface area contributed by atoms with E-state index in [2.05, 4.69) is 30.2 Å². The molecule has 1 amide bonds. The van der Waals surface area contributed by atoms with E-state index in [0.717, 1.165) is 24.2 Å². The number of nitrogens with one attached hydrogen (secondary N) is 1. The summed E-state index contributed by atoms with van der Waals surface area (Å²) in [4.78, 5) is 19.0. The Labute approximate surface area is 140 Å². The van der Waals surface area contributed by atoms with E-state index in [1.54, 1.807) is 16.2 Å². The predicted octanol–water partition coefficient (Wildman–Crippen LogP) is 3.51. The van der Waals surface area contributed by atoms with Crippen LogP contribution in [0.3, 0.4) is 0 Å². The molecule has 1 fully saturated rings. The molecule has 0 bridgehead atoms. The van der Waals surface area contributed by atoms with Crippen molar-refractivity contribution >= 4 is 23.1 Å². The molecule has 1 aromatic heterocycles. The van der Waals surface area contributed by atoms with Gasteiger partial charge in [-0.05, 0) is 31.0 Å². The first-order valence-electron chi connectivity index (χ1n) is 7.88. The van der Waals surface area contributed by atoms with Gasteiger partial charge >= 0.3 is 6.09 Å². The molecule has 5 nitrogen and oxygen atoms in total. The van der Waals surface area contributed by atoms with Gasteiger partial charge in [-0.2, -0.15) is 0 Å². The fourth-order valence-electron chi connectivity index (χ4n) is 2.55. The lowest BCUT2D eigenvalue weighted by Crippen LogP contribution is -2.24. The predicted molar refractivity (Wildman–Crippen MR) is 91.9 cm³/mol. The molecule has 0 radical (unpaired) electrons. The van der Waals surface area contributed by atoms with Crippen LogP contribution in [0.25, 0.3) is 0 Å². The maximum Gasteiger partial charge on any atom is 0.414 e. The highest BCUT2D eigenvalue weighted by Crippen LogP contribution is 2.23. The number of hydrogen-bond donors (Lipinski definition) is 1. The van der Waals surface area contributed by atoms with Crippen molar-refractivity contribution in [1.82, 2.24) is 10.3 Å². The molecule has 23 heavy (non-hydrogen) atoms. The van der Waals surface area contributed by atoms with Crippen LogP contribution in [-0.2, 0) is 17.7 Å². The van der Waals surface area contributed by atoms with Crippen LogP contribution in [0.1, 0.15) is 35.3 Å².